The molecule has 6 nitrogen and oxygen atoms in total. The molecule has 7 saturated carbocycles. The van der Waals surface area contributed by atoms with Gasteiger partial charge in [0, 0.05) is 11.8 Å². The molecule has 6 bridgehead atoms. The van der Waals surface area contributed by atoms with Crippen LogP contribution in [0.1, 0.15) is 118 Å². The van der Waals surface area contributed by atoms with Crippen molar-refractivity contribution in [3.05, 3.63) is 0 Å². The van der Waals surface area contributed by atoms with Crippen LogP contribution in [0.15, 0.2) is 0 Å². The molecule has 7 aliphatic carbocycles. The number of carbonyl (C=O) groups excluding carboxylic acids is 4. The third-order valence-electron chi connectivity index (χ3n) is 16.2. The lowest BCUT2D eigenvalue weighted by molar-refractivity contribution is -0.172. The van der Waals surface area contributed by atoms with Gasteiger partial charge in [-0.3, -0.25) is 19.2 Å². The van der Waals surface area contributed by atoms with Crippen molar-refractivity contribution in [3.8, 4) is 0 Å². The Balaban J connectivity index is 0.897. The SMILES string of the molecule is CCC(CCC1C(=O)OC(=O)C1CCC1C(CC)C2CC1C1C3CC(CC3C(C)=O)C21)C(=O)OC1(C)CC2CC1C1CCCC21. The summed E-state index contributed by atoms with van der Waals surface area (Å²) in [5.41, 5.74) is -0.343. The van der Waals surface area contributed by atoms with E-state index in [0.717, 1.165) is 48.9 Å². The van der Waals surface area contributed by atoms with Crippen LogP contribution in [0.4, 0.5) is 0 Å². The molecule has 0 spiro atoms. The van der Waals surface area contributed by atoms with Crippen molar-refractivity contribution in [2.45, 2.75) is 123 Å². The molecular weight excluding hydrogens is 564 g/mol. The summed E-state index contributed by atoms with van der Waals surface area (Å²) >= 11 is 0. The molecule has 1 saturated heterocycles. The molecule has 248 valence electrons. The second-order valence-electron chi connectivity index (χ2n) is 17.6. The van der Waals surface area contributed by atoms with Gasteiger partial charge in [0.1, 0.15) is 11.4 Å². The third kappa shape index (κ3) is 4.59. The van der Waals surface area contributed by atoms with Gasteiger partial charge in [-0.1, -0.05) is 26.7 Å². The Morgan fingerprint density at radius 3 is 2.31 bits per heavy atom. The van der Waals surface area contributed by atoms with Crippen LogP contribution in [-0.4, -0.2) is 29.3 Å². The number of ether oxygens (including phenoxy) is 2. The van der Waals surface area contributed by atoms with E-state index < -0.39 is 17.8 Å². The first kappa shape index (κ1) is 30.6. The van der Waals surface area contributed by atoms with Gasteiger partial charge in [0.05, 0.1) is 17.8 Å². The van der Waals surface area contributed by atoms with E-state index in [-0.39, 0.29) is 29.4 Å². The van der Waals surface area contributed by atoms with Crippen molar-refractivity contribution in [2.75, 3.05) is 0 Å². The lowest BCUT2D eigenvalue weighted by Crippen LogP contribution is -2.43. The molecule has 0 radical (unpaired) electrons. The van der Waals surface area contributed by atoms with E-state index in [9.17, 15) is 19.2 Å². The molecule has 17 unspecified atom stereocenters. The Morgan fingerprint density at radius 2 is 1.58 bits per heavy atom. The first-order valence-corrected chi connectivity index (χ1v) is 19.1. The van der Waals surface area contributed by atoms with Crippen LogP contribution in [-0.2, 0) is 28.7 Å². The summed E-state index contributed by atoms with van der Waals surface area (Å²) in [4.78, 5) is 52.0. The van der Waals surface area contributed by atoms with Crippen LogP contribution in [0, 0.1) is 94.7 Å². The van der Waals surface area contributed by atoms with Gasteiger partial charge < -0.3 is 9.47 Å². The molecule has 0 amide bonds. The van der Waals surface area contributed by atoms with Gasteiger partial charge in [0.2, 0.25) is 0 Å². The fraction of sp³-hybridized carbons (Fsp3) is 0.897. The van der Waals surface area contributed by atoms with Gasteiger partial charge >= 0.3 is 17.9 Å². The largest absolute Gasteiger partial charge is 0.459 e. The van der Waals surface area contributed by atoms with Crippen molar-refractivity contribution in [1.29, 1.82) is 0 Å². The number of hydrogen-bond donors (Lipinski definition) is 0. The number of carbonyl (C=O) groups is 4. The van der Waals surface area contributed by atoms with Gasteiger partial charge in [-0.05, 0) is 156 Å². The maximum Gasteiger partial charge on any atom is 0.317 e. The minimum atomic E-state index is -0.451. The molecule has 0 N–H and O–H groups in total. The number of hydrogen-bond acceptors (Lipinski definition) is 6. The monoisotopic (exact) mass is 620 g/mol. The van der Waals surface area contributed by atoms with E-state index in [1.807, 2.05) is 6.92 Å². The number of rotatable bonds is 11. The smallest absolute Gasteiger partial charge is 0.317 e. The van der Waals surface area contributed by atoms with Gasteiger partial charge in [-0.2, -0.15) is 0 Å². The fourth-order valence-corrected chi connectivity index (χ4v) is 14.6. The number of cyclic esters (lactones) is 2. The normalized spacial score (nSPS) is 50.7. The first-order valence-electron chi connectivity index (χ1n) is 19.1. The van der Waals surface area contributed by atoms with Crippen LogP contribution < -0.4 is 0 Å². The summed E-state index contributed by atoms with van der Waals surface area (Å²) in [5.74, 6) is 7.07. The molecule has 8 rings (SSSR count). The molecule has 0 aromatic carbocycles. The highest BCUT2D eigenvalue weighted by molar-refractivity contribution is 5.96. The van der Waals surface area contributed by atoms with Gasteiger partial charge in [0.25, 0.3) is 0 Å². The molecule has 6 heteroatoms. The summed E-state index contributed by atoms with van der Waals surface area (Å²) in [7, 11) is 0. The Hall–Kier alpha value is -1.72. The lowest BCUT2D eigenvalue weighted by atomic mass is 9.59. The first-order chi connectivity index (χ1) is 21.6. The van der Waals surface area contributed by atoms with Crippen molar-refractivity contribution < 1.29 is 28.7 Å². The molecule has 1 aliphatic heterocycles. The van der Waals surface area contributed by atoms with Crippen molar-refractivity contribution in [3.63, 3.8) is 0 Å². The minimum absolute atomic E-state index is 0.103. The van der Waals surface area contributed by atoms with Crippen LogP contribution in [0.25, 0.3) is 0 Å². The topological polar surface area (TPSA) is 86.7 Å². The lowest BCUT2D eigenvalue weighted by Gasteiger charge is -2.45. The molecule has 1 heterocycles. The number of fused-ring (bicyclic) bond motifs is 14. The Morgan fingerprint density at radius 1 is 0.844 bits per heavy atom. The summed E-state index contributed by atoms with van der Waals surface area (Å²) in [5, 5.41) is 0. The van der Waals surface area contributed by atoms with Crippen LogP contribution >= 0.6 is 0 Å². The average Bonchev–Trinajstić information content (AvgIpc) is 3.84. The molecule has 0 aromatic rings. The molecular formula is C39H56O6. The Kier molecular flexibility index (Phi) is 7.60. The number of ketones is 1. The van der Waals surface area contributed by atoms with Gasteiger partial charge in [-0.15, -0.1) is 0 Å². The standard InChI is InChI=1S/C39H56O6/c1-5-20(36(41)45-39(4)18-22-16-33(39)26-9-7-8-24(22)26)10-11-27-28(38(43)44-37(27)42)13-12-25-23(6-2)31-17-32(25)35-30-15-21(34(31)35)14-29(30)19(3)40/h20-35H,5-18H2,1-4H3. The highest BCUT2D eigenvalue weighted by atomic mass is 16.6. The quantitative estimate of drug-likeness (QED) is 0.136. The van der Waals surface area contributed by atoms with Gasteiger partial charge in [-0.25, -0.2) is 0 Å². The Bertz CT molecular complexity index is 1240. The van der Waals surface area contributed by atoms with E-state index in [0.29, 0.717) is 72.9 Å². The van der Waals surface area contributed by atoms with Gasteiger partial charge in [0.15, 0.2) is 0 Å². The van der Waals surface area contributed by atoms with E-state index in [4.69, 9.17) is 9.47 Å². The molecule has 8 aliphatic rings. The highest BCUT2D eigenvalue weighted by Crippen LogP contribution is 2.72. The second kappa shape index (κ2) is 11.2. The second-order valence-corrected chi connectivity index (χ2v) is 17.6. The van der Waals surface area contributed by atoms with Crippen LogP contribution in [0.5, 0.6) is 0 Å². The van der Waals surface area contributed by atoms with E-state index in [2.05, 4.69) is 13.8 Å². The maximum atomic E-state index is 13.6. The highest BCUT2D eigenvalue weighted by Gasteiger charge is 2.67. The summed E-state index contributed by atoms with van der Waals surface area (Å²) < 4.78 is 11.6. The van der Waals surface area contributed by atoms with Crippen molar-refractivity contribution in [1.82, 2.24) is 0 Å². The minimum Gasteiger partial charge on any atom is -0.459 e. The molecule has 45 heavy (non-hydrogen) atoms. The van der Waals surface area contributed by atoms with Crippen molar-refractivity contribution in [2.24, 2.45) is 94.7 Å². The maximum absolute atomic E-state index is 13.6. The van der Waals surface area contributed by atoms with Crippen LogP contribution in [0.2, 0.25) is 0 Å². The average molecular weight is 621 g/mol. The van der Waals surface area contributed by atoms with Crippen molar-refractivity contribution >= 4 is 23.7 Å². The molecule has 0 aromatic heterocycles. The zero-order chi connectivity index (χ0) is 31.4. The zero-order valence-electron chi connectivity index (χ0n) is 28.1. The third-order valence-corrected chi connectivity index (χ3v) is 16.2. The molecule has 17 atom stereocenters. The zero-order valence-corrected chi connectivity index (χ0v) is 28.1. The van der Waals surface area contributed by atoms with E-state index >= 15 is 0 Å². The summed E-state index contributed by atoms with van der Waals surface area (Å²) in [6.07, 6.45) is 14.5. The predicted octanol–water partition coefficient (Wildman–Crippen LogP) is 7.42. The van der Waals surface area contributed by atoms with E-state index in [1.54, 1.807) is 6.92 Å². The fourth-order valence-electron chi connectivity index (χ4n) is 14.6. The van der Waals surface area contributed by atoms with Crippen LogP contribution in [0.3, 0.4) is 0 Å². The summed E-state index contributed by atoms with van der Waals surface area (Å²) in [6.45, 7) is 8.35. The number of Topliss-reactive ketones (excluding diaryl/α,β-unsaturated/α-hetero) is 1. The Labute approximate surface area is 269 Å². The summed E-state index contributed by atoms with van der Waals surface area (Å²) in [6, 6.07) is 0. The van der Waals surface area contributed by atoms with E-state index in [1.165, 1.54) is 44.9 Å². The molecule has 8 fully saturated rings. The number of esters is 3. The predicted molar refractivity (Wildman–Crippen MR) is 168 cm³/mol.